The van der Waals surface area contributed by atoms with Crippen molar-refractivity contribution in [3.63, 3.8) is 0 Å². The maximum atomic E-state index is 12.7. The zero-order valence-corrected chi connectivity index (χ0v) is 17.2. The summed E-state index contributed by atoms with van der Waals surface area (Å²) in [5, 5.41) is 5.39. The van der Waals surface area contributed by atoms with Crippen LogP contribution in [0.15, 0.2) is 47.3 Å². The van der Waals surface area contributed by atoms with E-state index in [9.17, 15) is 4.79 Å². The van der Waals surface area contributed by atoms with Crippen LogP contribution in [0.5, 0.6) is 5.75 Å². The third-order valence-corrected chi connectivity index (χ3v) is 5.54. The summed E-state index contributed by atoms with van der Waals surface area (Å²) in [6, 6.07) is 12.7. The first kappa shape index (κ1) is 18.9. The minimum Gasteiger partial charge on any atom is -0.494 e. The molecule has 2 heterocycles. The summed E-state index contributed by atoms with van der Waals surface area (Å²) in [4.78, 5) is 17.7. The lowest BCUT2D eigenvalue weighted by molar-refractivity contribution is 0.317. The van der Waals surface area contributed by atoms with E-state index in [0.717, 1.165) is 23.3 Å². The Labute approximate surface area is 174 Å². The number of halogens is 2. The van der Waals surface area contributed by atoms with Crippen molar-refractivity contribution in [1.82, 2.24) is 14.6 Å². The van der Waals surface area contributed by atoms with Crippen molar-refractivity contribution in [3.8, 4) is 17.1 Å². The molecule has 5 nitrogen and oxygen atoms in total. The average Bonchev–Trinajstić information content (AvgIpc) is 3.22. The highest BCUT2D eigenvalue weighted by molar-refractivity contribution is 7.15. The van der Waals surface area contributed by atoms with Gasteiger partial charge in [0.25, 0.3) is 5.56 Å². The van der Waals surface area contributed by atoms with Gasteiger partial charge >= 0.3 is 0 Å². The van der Waals surface area contributed by atoms with Crippen molar-refractivity contribution in [2.75, 3.05) is 6.61 Å². The van der Waals surface area contributed by atoms with Crippen LogP contribution >= 0.6 is 34.5 Å². The Morgan fingerprint density at radius 3 is 2.64 bits per heavy atom. The van der Waals surface area contributed by atoms with Crippen molar-refractivity contribution in [2.24, 2.45) is 0 Å². The summed E-state index contributed by atoms with van der Waals surface area (Å²) < 4.78 is 7.41. The molecule has 0 fully saturated rings. The van der Waals surface area contributed by atoms with E-state index in [1.165, 1.54) is 15.9 Å². The largest absolute Gasteiger partial charge is 0.494 e. The van der Waals surface area contributed by atoms with Crippen molar-refractivity contribution >= 4 is 45.6 Å². The maximum absolute atomic E-state index is 12.7. The lowest BCUT2D eigenvalue weighted by Gasteiger charge is -2.04. The van der Waals surface area contributed by atoms with Crippen LogP contribution in [-0.4, -0.2) is 21.2 Å². The van der Waals surface area contributed by atoms with Gasteiger partial charge in [0.2, 0.25) is 4.96 Å². The monoisotopic (exact) mass is 431 g/mol. The van der Waals surface area contributed by atoms with Gasteiger partial charge in [0.15, 0.2) is 5.82 Å². The van der Waals surface area contributed by atoms with E-state index in [-0.39, 0.29) is 5.56 Å². The van der Waals surface area contributed by atoms with Crippen molar-refractivity contribution in [2.45, 2.75) is 13.3 Å². The van der Waals surface area contributed by atoms with Crippen LogP contribution in [0, 0.1) is 0 Å². The van der Waals surface area contributed by atoms with Crippen molar-refractivity contribution in [3.05, 3.63) is 73.0 Å². The van der Waals surface area contributed by atoms with E-state index in [2.05, 4.69) is 17.0 Å². The molecule has 0 N–H and O–H groups in total. The SMILES string of the molecule is CCCOc1ccc(-c2nc3s/c(=C/c4ccc(Cl)cc4Cl)c(=O)n3n2)cc1. The molecule has 2 aromatic carbocycles. The van der Waals surface area contributed by atoms with E-state index in [0.29, 0.717) is 32.0 Å². The number of aromatic nitrogens is 3. The number of thiazole rings is 1. The fourth-order valence-corrected chi connectivity index (χ4v) is 4.00. The Kier molecular flexibility index (Phi) is 5.35. The Hall–Kier alpha value is -2.41. The first-order valence-electron chi connectivity index (χ1n) is 8.65. The lowest BCUT2D eigenvalue weighted by atomic mass is 10.2. The van der Waals surface area contributed by atoms with Gasteiger partial charge in [-0.15, -0.1) is 5.10 Å². The molecule has 2 aromatic heterocycles. The predicted molar refractivity (Wildman–Crippen MR) is 114 cm³/mol. The Bertz CT molecular complexity index is 1250. The van der Waals surface area contributed by atoms with Crippen LogP contribution in [0.1, 0.15) is 18.9 Å². The van der Waals surface area contributed by atoms with Crippen molar-refractivity contribution < 1.29 is 4.74 Å². The van der Waals surface area contributed by atoms with E-state index in [4.69, 9.17) is 27.9 Å². The second-order valence-electron chi connectivity index (χ2n) is 6.08. The first-order valence-corrected chi connectivity index (χ1v) is 10.2. The predicted octanol–water partition coefficient (Wildman–Crippen LogP) is 4.46. The molecule has 0 atom stereocenters. The van der Waals surface area contributed by atoms with Crippen LogP contribution in [0.4, 0.5) is 0 Å². The Morgan fingerprint density at radius 2 is 1.96 bits per heavy atom. The van der Waals surface area contributed by atoms with E-state index in [1.807, 2.05) is 24.3 Å². The van der Waals surface area contributed by atoms with Gasteiger partial charge in [0.05, 0.1) is 11.1 Å². The van der Waals surface area contributed by atoms with Crippen LogP contribution in [0.2, 0.25) is 10.0 Å². The zero-order valence-electron chi connectivity index (χ0n) is 14.9. The van der Waals surface area contributed by atoms with Gasteiger partial charge in [-0.25, -0.2) is 0 Å². The summed E-state index contributed by atoms with van der Waals surface area (Å²) in [5.41, 5.74) is 1.31. The number of nitrogens with zero attached hydrogens (tertiary/aromatic N) is 3. The van der Waals surface area contributed by atoms with Gasteiger partial charge in [-0.2, -0.15) is 9.50 Å². The quantitative estimate of drug-likeness (QED) is 0.467. The van der Waals surface area contributed by atoms with Crippen molar-refractivity contribution in [1.29, 1.82) is 0 Å². The van der Waals surface area contributed by atoms with Gasteiger partial charge in [0, 0.05) is 15.6 Å². The molecule has 0 amide bonds. The minimum absolute atomic E-state index is 0.229. The van der Waals surface area contributed by atoms with Gasteiger partial charge in [-0.1, -0.05) is 47.5 Å². The Morgan fingerprint density at radius 1 is 1.18 bits per heavy atom. The summed E-state index contributed by atoms with van der Waals surface area (Å²) >= 11 is 13.4. The molecule has 142 valence electrons. The molecule has 0 aliphatic carbocycles. The molecule has 0 radical (unpaired) electrons. The highest BCUT2D eigenvalue weighted by atomic mass is 35.5. The van der Waals surface area contributed by atoms with Gasteiger partial charge in [-0.05, 0) is 54.5 Å². The van der Waals surface area contributed by atoms with Crippen LogP contribution in [0.3, 0.4) is 0 Å². The maximum Gasteiger partial charge on any atom is 0.291 e. The molecule has 0 bridgehead atoms. The molecule has 0 aliphatic heterocycles. The Balaban J connectivity index is 1.68. The lowest BCUT2D eigenvalue weighted by Crippen LogP contribution is -2.23. The standard InChI is InChI=1S/C20H15Cl2N3O2S/c1-2-9-27-15-7-4-12(5-8-15)18-23-20-25(24-18)19(26)17(28-20)10-13-3-6-14(21)11-16(13)22/h3-8,10-11H,2,9H2,1H3/b17-10+. The van der Waals surface area contributed by atoms with E-state index < -0.39 is 0 Å². The van der Waals surface area contributed by atoms with Crippen LogP contribution in [-0.2, 0) is 0 Å². The van der Waals surface area contributed by atoms with Gasteiger partial charge in [-0.3, -0.25) is 4.79 Å². The summed E-state index contributed by atoms with van der Waals surface area (Å²) in [7, 11) is 0. The molecule has 4 aromatic rings. The molecule has 8 heteroatoms. The fourth-order valence-electron chi connectivity index (χ4n) is 2.64. The first-order chi connectivity index (χ1) is 13.5. The molecule has 0 aliphatic rings. The average molecular weight is 432 g/mol. The highest BCUT2D eigenvalue weighted by Gasteiger charge is 2.12. The molecule has 4 rings (SSSR count). The number of benzene rings is 2. The number of fused-ring (bicyclic) bond motifs is 1. The molecule has 28 heavy (non-hydrogen) atoms. The zero-order chi connectivity index (χ0) is 19.7. The summed E-state index contributed by atoms with van der Waals surface area (Å²) in [6.45, 7) is 2.73. The molecule has 0 spiro atoms. The number of ether oxygens (including phenoxy) is 1. The summed E-state index contributed by atoms with van der Waals surface area (Å²) in [6.07, 6.45) is 2.68. The third kappa shape index (κ3) is 3.76. The minimum atomic E-state index is -0.229. The van der Waals surface area contributed by atoms with E-state index >= 15 is 0 Å². The molecular formula is C20H15Cl2N3O2S. The number of hydrogen-bond donors (Lipinski definition) is 0. The van der Waals surface area contributed by atoms with Gasteiger partial charge in [0.1, 0.15) is 5.75 Å². The molecule has 0 saturated carbocycles. The normalized spacial score (nSPS) is 12.0. The fraction of sp³-hybridized carbons (Fsp3) is 0.150. The van der Waals surface area contributed by atoms with Crippen LogP contribution < -0.4 is 14.8 Å². The topological polar surface area (TPSA) is 56.5 Å². The molecule has 0 unspecified atom stereocenters. The second-order valence-corrected chi connectivity index (χ2v) is 7.94. The molecular weight excluding hydrogens is 417 g/mol. The number of hydrogen-bond acceptors (Lipinski definition) is 5. The van der Waals surface area contributed by atoms with E-state index in [1.54, 1.807) is 24.3 Å². The molecule has 0 saturated heterocycles. The summed E-state index contributed by atoms with van der Waals surface area (Å²) in [5.74, 6) is 1.30. The second kappa shape index (κ2) is 7.91. The smallest absolute Gasteiger partial charge is 0.291 e. The third-order valence-electron chi connectivity index (χ3n) is 4.02. The van der Waals surface area contributed by atoms with Gasteiger partial charge < -0.3 is 4.74 Å². The highest BCUT2D eigenvalue weighted by Crippen LogP contribution is 2.22. The number of rotatable bonds is 5. The van der Waals surface area contributed by atoms with Crippen LogP contribution in [0.25, 0.3) is 22.4 Å².